The first-order valence-electron chi connectivity index (χ1n) is 8.68. The molecule has 0 aliphatic heterocycles. The lowest BCUT2D eigenvalue weighted by molar-refractivity contribution is 0.474. The lowest BCUT2D eigenvalue weighted by atomic mass is 10.0. The second kappa shape index (κ2) is 14.6. The molecular formula is C17H33O3S-. The largest absolute Gasteiger partial charge is 0.744 e. The smallest absolute Gasteiger partial charge is 0.117 e. The first kappa shape index (κ1) is 20.6. The van der Waals surface area contributed by atoms with Crippen molar-refractivity contribution in [3.05, 3.63) is 11.5 Å². The molecule has 0 aromatic carbocycles. The van der Waals surface area contributed by atoms with Gasteiger partial charge in [-0.15, -0.1) is 0 Å². The van der Waals surface area contributed by atoms with Crippen molar-refractivity contribution in [1.29, 1.82) is 0 Å². The monoisotopic (exact) mass is 317 g/mol. The number of hydrogen-bond acceptors (Lipinski definition) is 3. The van der Waals surface area contributed by atoms with E-state index >= 15 is 0 Å². The van der Waals surface area contributed by atoms with E-state index in [0.717, 1.165) is 18.2 Å². The predicted molar refractivity (Wildman–Crippen MR) is 89.1 cm³/mol. The van der Waals surface area contributed by atoms with Crippen LogP contribution in [0.15, 0.2) is 11.5 Å². The van der Waals surface area contributed by atoms with E-state index in [1.54, 1.807) is 0 Å². The summed E-state index contributed by atoms with van der Waals surface area (Å²) in [5.41, 5.74) is 0. The topological polar surface area (TPSA) is 57.2 Å². The summed E-state index contributed by atoms with van der Waals surface area (Å²) in [6.07, 6.45) is 19.1. The Labute approximate surface area is 132 Å². The van der Waals surface area contributed by atoms with E-state index in [-0.39, 0.29) is 0 Å². The summed E-state index contributed by atoms with van der Waals surface area (Å²) in [7, 11) is -4.17. The van der Waals surface area contributed by atoms with E-state index in [2.05, 4.69) is 6.92 Å². The maximum absolute atomic E-state index is 10.3. The second-order valence-electron chi connectivity index (χ2n) is 5.90. The van der Waals surface area contributed by atoms with Gasteiger partial charge in [0.05, 0.1) is 0 Å². The van der Waals surface area contributed by atoms with Gasteiger partial charge in [0, 0.05) is 5.41 Å². The maximum Gasteiger partial charge on any atom is 0.117 e. The van der Waals surface area contributed by atoms with Crippen LogP contribution in [0, 0.1) is 0 Å². The highest BCUT2D eigenvalue weighted by molar-refractivity contribution is 7.88. The highest BCUT2D eigenvalue weighted by Gasteiger charge is 1.93. The predicted octanol–water partition coefficient (Wildman–Crippen LogP) is 5.53. The molecule has 0 aromatic rings. The third-order valence-electron chi connectivity index (χ3n) is 3.74. The van der Waals surface area contributed by atoms with Gasteiger partial charge in [0.2, 0.25) is 0 Å². The third kappa shape index (κ3) is 19.6. The molecule has 0 rings (SSSR count). The Morgan fingerprint density at radius 1 is 0.714 bits per heavy atom. The second-order valence-corrected chi connectivity index (χ2v) is 7.15. The summed E-state index contributed by atoms with van der Waals surface area (Å²) < 4.78 is 31.0. The van der Waals surface area contributed by atoms with Gasteiger partial charge in [-0.1, -0.05) is 90.0 Å². The lowest BCUT2D eigenvalue weighted by Crippen LogP contribution is -1.89. The summed E-state index contributed by atoms with van der Waals surface area (Å²) in [6.45, 7) is 2.25. The van der Waals surface area contributed by atoms with Crippen LogP contribution in [0.1, 0.15) is 96.8 Å². The number of hydrogen-bond donors (Lipinski definition) is 0. The van der Waals surface area contributed by atoms with Gasteiger partial charge in [-0.25, -0.2) is 8.42 Å². The van der Waals surface area contributed by atoms with Gasteiger partial charge in [-0.3, -0.25) is 0 Å². The lowest BCUT2D eigenvalue weighted by Gasteiger charge is -2.02. The molecule has 21 heavy (non-hydrogen) atoms. The van der Waals surface area contributed by atoms with Gasteiger partial charge in [0.1, 0.15) is 10.1 Å². The molecule has 0 fully saturated rings. The quantitative estimate of drug-likeness (QED) is 0.295. The summed E-state index contributed by atoms with van der Waals surface area (Å²) in [6, 6.07) is 0. The van der Waals surface area contributed by atoms with Gasteiger partial charge in [-0.05, 0) is 12.8 Å². The standard InChI is InChI=1S/C17H34O3S/c1-2-3-4-5-6-7-8-9-10-11-12-13-14-15-16-17-21(18,19)20/h16-17H,2-15H2,1H3,(H,18,19,20)/p-1/b17-16+. The van der Waals surface area contributed by atoms with Crippen molar-refractivity contribution in [3.8, 4) is 0 Å². The molecule has 0 amide bonds. The van der Waals surface area contributed by atoms with Crippen LogP contribution in [0.25, 0.3) is 0 Å². The molecule has 0 saturated carbocycles. The zero-order valence-corrected chi connectivity index (χ0v) is 14.5. The van der Waals surface area contributed by atoms with Gasteiger partial charge >= 0.3 is 0 Å². The average Bonchev–Trinajstić information content (AvgIpc) is 2.42. The van der Waals surface area contributed by atoms with Crippen LogP contribution in [0.2, 0.25) is 0 Å². The van der Waals surface area contributed by atoms with Gasteiger partial charge < -0.3 is 4.55 Å². The molecule has 0 saturated heterocycles. The van der Waals surface area contributed by atoms with Crippen LogP contribution >= 0.6 is 0 Å². The molecule has 0 heterocycles. The van der Waals surface area contributed by atoms with Crippen molar-refractivity contribution >= 4 is 10.1 Å². The van der Waals surface area contributed by atoms with Gasteiger partial charge in [-0.2, -0.15) is 0 Å². The molecule has 0 radical (unpaired) electrons. The van der Waals surface area contributed by atoms with Crippen LogP contribution < -0.4 is 0 Å². The third-order valence-corrected chi connectivity index (χ3v) is 4.26. The molecular weight excluding hydrogens is 284 g/mol. The summed E-state index contributed by atoms with van der Waals surface area (Å²) in [5, 5.41) is 0.771. The molecule has 0 aliphatic rings. The van der Waals surface area contributed by atoms with Crippen LogP contribution in [0.4, 0.5) is 0 Å². The minimum atomic E-state index is -4.17. The fraction of sp³-hybridized carbons (Fsp3) is 0.882. The Hall–Kier alpha value is -0.350. The molecule has 0 unspecified atom stereocenters. The average molecular weight is 318 g/mol. The first-order valence-corrected chi connectivity index (χ1v) is 10.2. The molecule has 0 aliphatic carbocycles. The van der Waals surface area contributed by atoms with Crippen LogP contribution in [-0.4, -0.2) is 13.0 Å². The normalized spacial score (nSPS) is 12.3. The highest BCUT2D eigenvalue weighted by Crippen LogP contribution is 2.13. The number of allylic oxidation sites excluding steroid dienone is 1. The van der Waals surface area contributed by atoms with E-state index in [0.29, 0.717) is 6.42 Å². The van der Waals surface area contributed by atoms with Crippen molar-refractivity contribution in [3.63, 3.8) is 0 Å². The molecule has 3 nitrogen and oxygen atoms in total. The minimum absolute atomic E-state index is 0.694. The highest BCUT2D eigenvalue weighted by atomic mass is 32.2. The molecule has 0 atom stereocenters. The van der Waals surface area contributed by atoms with Crippen LogP contribution in [0.3, 0.4) is 0 Å². The summed E-state index contributed by atoms with van der Waals surface area (Å²) >= 11 is 0. The maximum atomic E-state index is 10.3. The van der Waals surface area contributed by atoms with E-state index in [1.807, 2.05) is 0 Å². The van der Waals surface area contributed by atoms with E-state index in [1.165, 1.54) is 76.7 Å². The Morgan fingerprint density at radius 3 is 1.48 bits per heavy atom. The summed E-state index contributed by atoms with van der Waals surface area (Å²) in [4.78, 5) is 0. The molecule has 126 valence electrons. The van der Waals surface area contributed by atoms with E-state index < -0.39 is 10.1 Å². The fourth-order valence-electron chi connectivity index (χ4n) is 2.47. The Morgan fingerprint density at radius 2 is 1.10 bits per heavy atom. The van der Waals surface area contributed by atoms with Crippen molar-refractivity contribution in [2.24, 2.45) is 0 Å². The molecule has 0 bridgehead atoms. The first-order chi connectivity index (χ1) is 10.1. The Bertz CT molecular complexity index is 334. The Balaban J connectivity index is 3.11. The molecule has 0 aromatic heterocycles. The number of unbranched alkanes of at least 4 members (excludes halogenated alkanes) is 13. The fourth-order valence-corrected chi connectivity index (χ4v) is 2.84. The number of rotatable bonds is 15. The molecule has 0 spiro atoms. The van der Waals surface area contributed by atoms with Crippen LogP contribution in [-0.2, 0) is 10.1 Å². The van der Waals surface area contributed by atoms with E-state index in [9.17, 15) is 13.0 Å². The SMILES string of the molecule is CCCCCCCCCCCCCCC/C=C/S(=O)(=O)[O-]. The zero-order chi connectivity index (χ0) is 15.8. The Kier molecular flexibility index (Phi) is 14.3. The summed E-state index contributed by atoms with van der Waals surface area (Å²) in [5.74, 6) is 0. The molecule has 0 N–H and O–H groups in total. The van der Waals surface area contributed by atoms with Gasteiger partial charge in [0.25, 0.3) is 0 Å². The van der Waals surface area contributed by atoms with Crippen molar-refractivity contribution in [1.82, 2.24) is 0 Å². The zero-order valence-electron chi connectivity index (χ0n) is 13.7. The molecule has 4 heteroatoms. The van der Waals surface area contributed by atoms with Crippen molar-refractivity contribution in [2.45, 2.75) is 96.8 Å². The van der Waals surface area contributed by atoms with Crippen LogP contribution in [0.5, 0.6) is 0 Å². The van der Waals surface area contributed by atoms with Crippen molar-refractivity contribution in [2.75, 3.05) is 0 Å². The minimum Gasteiger partial charge on any atom is -0.744 e. The van der Waals surface area contributed by atoms with Crippen molar-refractivity contribution < 1.29 is 13.0 Å². The van der Waals surface area contributed by atoms with E-state index in [4.69, 9.17) is 0 Å². The van der Waals surface area contributed by atoms with Gasteiger partial charge in [0.15, 0.2) is 0 Å².